The summed E-state index contributed by atoms with van der Waals surface area (Å²) in [6.07, 6.45) is 11.8. The number of nitrogens with one attached hydrogen (secondary N) is 1. The molecular formula is C23H49NO6Si. The van der Waals surface area contributed by atoms with E-state index in [0.717, 1.165) is 38.1 Å². The molecular weight excluding hydrogens is 414 g/mol. The number of hydrogen-bond acceptors (Lipinski definition) is 6. The summed E-state index contributed by atoms with van der Waals surface area (Å²) < 4.78 is 27.9. The lowest BCUT2D eigenvalue weighted by molar-refractivity contribution is -0.121. The van der Waals surface area contributed by atoms with Gasteiger partial charge in [0.05, 0.1) is 0 Å². The molecule has 0 atom stereocenters. The van der Waals surface area contributed by atoms with Crippen molar-refractivity contribution in [2.75, 3.05) is 40.6 Å². The lowest BCUT2D eigenvalue weighted by atomic mass is 10.1. The molecule has 0 unspecified atom stereocenters. The Labute approximate surface area is 192 Å². The predicted octanol–water partition coefficient (Wildman–Crippen LogP) is 5.06. The molecule has 0 aromatic rings. The molecule has 1 N–H and O–H groups in total. The van der Waals surface area contributed by atoms with Crippen molar-refractivity contribution in [3.05, 3.63) is 0 Å². The van der Waals surface area contributed by atoms with E-state index in [1.54, 1.807) is 14.2 Å². The molecule has 8 heteroatoms. The topological polar surface area (TPSA) is 75.3 Å². The van der Waals surface area contributed by atoms with Crippen LogP contribution >= 0.6 is 0 Å². The zero-order valence-electron chi connectivity index (χ0n) is 20.8. The Balaban J connectivity index is 3.67. The highest BCUT2D eigenvalue weighted by atomic mass is 28.4. The molecule has 0 saturated heterocycles. The second-order valence-electron chi connectivity index (χ2n) is 7.70. The first-order valence-corrected chi connectivity index (χ1v) is 14.2. The molecule has 31 heavy (non-hydrogen) atoms. The maximum Gasteiger partial charge on any atom is 0.500 e. The van der Waals surface area contributed by atoms with Crippen molar-refractivity contribution in [2.24, 2.45) is 0 Å². The van der Waals surface area contributed by atoms with Gasteiger partial charge in [0.25, 0.3) is 0 Å². The highest BCUT2D eigenvalue weighted by Crippen LogP contribution is 2.18. The highest BCUT2D eigenvalue weighted by Gasteiger charge is 2.39. The molecule has 0 aliphatic carbocycles. The Kier molecular flexibility index (Phi) is 21.0. The Morgan fingerprint density at radius 2 is 1.23 bits per heavy atom. The van der Waals surface area contributed by atoms with E-state index in [9.17, 15) is 4.79 Å². The Bertz CT molecular complexity index is 393. The molecule has 0 radical (unpaired) electrons. The third-order valence-electron chi connectivity index (χ3n) is 5.19. The van der Waals surface area contributed by atoms with E-state index in [4.69, 9.17) is 22.8 Å². The standard InChI is InChI=1S/C23H49NO6Si/c1-6-28-31(29-7-2,30-8-3)21-17-20-24-22(25)18-15-13-11-9-10-12-14-16-19-23(26-4)27-5/h23H,6-21H2,1-5H3,(H,24,25). The van der Waals surface area contributed by atoms with Gasteiger partial charge in [0, 0.05) is 53.0 Å². The zero-order chi connectivity index (χ0) is 23.2. The third kappa shape index (κ3) is 16.7. The van der Waals surface area contributed by atoms with Crippen molar-refractivity contribution in [3.8, 4) is 0 Å². The van der Waals surface area contributed by atoms with Crippen LogP contribution in [0.15, 0.2) is 0 Å². The molecule has 0 fully saturated rings. The summed E-state index contributed by atoms with van der Waals surface area (Å²) in [4.78, 5) is 12.0. The third-order valence-corrected chi connectivity index (χ3v) is 8.35. The number of ether oxygens (including phenoxy) is 2. The first kappa shape index (κ1) is 30.5. The fourth-order valence-corrected chi connectivity index (χ4v) is 6.22. The van der Waals surface area contributed by atoms with Gasteiger partial charge in [0.1, 0.15) is 0 Å². The van der Waals surface area contributed by atoms with E-state index in [-0.39, 0.29) is 12.2 Å². The van der Waals surface area contributed by atoms with Crippen molar-refractivity contribution in [1.82, 2.24) is 5.32 Å². The molecule has 0 aliphatic rings. The van der Waals surface area contributed by atoms with Gasteiger partial charge < -0.3 is 28.1 Å². The van der Waals surface area contributed by atoms with Crippen molar-refractivity contribution in [1.29, 1.82) is 0 Å². The number of carbonyl (C=O) groups is 1. The highest BCUT2D eigenvalue weighted by molar-refractivity contribution is 6.60. The van der Waals surface area contributed by atoms with Gasteiger partial charge in [-0.15, -0.1) is 0 Å². The Morgan fingerprint density at radius 1 is 0.742 bits per heavy atom. The molecule has 0 heterocycles. The van der Waals surface area contributed by atoms with E-state index in [2.05, 4.69) is 5.32 Å². The average molecular weight is 464 g/mol. The summed E-state index contributed by atoms with van der Waals surface area (Å²) >= 11 is 0. The second kappa shape index (κ2) is 21.3. The summed E-state index contributed by atoms with van der Waals surface area (Å²) in [6, 6.07) is 0.737. The number of methoxy groups -OCH3 is 2. The molecule has 0 spiro atoms. The molecule has 0 aliphatic heterocycles. The van der Waals surface area contributed by atoms with Crippen molar-refractivity contribution >= 4 is 14.7 Å². The summed E-state index contributed by atoms with van der Waals surface area (Å²) in [6.45, 7) is 8.28. The maximum atomic E-state index is 12.0. The molecule has 0 saturated carbocycles. The molecule has 1 amide bonds. The van der Waals surface area contributed by atoms with E-state index in [1.807, 2.05) is 20.8 Å². The summed E-state index contributed by atoms with van der Waals surface area (Å²) in [5.41, 5.74) is 0. The largest absolute Gasteiger partial charge is 0.500 e. The minimum absolute atomic E-state index is 0.0604. The van der Waals surface area contributed by atoms with E-state index in [0.29, 0.717) is 32.8 Å². The van der Waals surface area contributed by atoms with Gasteiger partial charge in [-0.05, 0) is 46.5 Å². The summed E-state index contributed by atoms with van der Waals surface area (Å²) in [5, 5.41) is 3.02. The summed E-state index contributed by atoms with van der Waals surface area (Å²) in [7, 11) is 0.783. The van der Waals surface area contributed by atoms with E-state index < -0.39 is 8.80 Å². The summed E-state index contributed by atoms with van der Waals surface area (Å²) in [5.74, 6) is 0.141. The van der Waals surface area contributed by atoms with Crippen LogP contribution < -0.4 is 5.32 Å². The molecule has 0 aromatic carbocycles. The first-order chi connectivity index (χ1) is 15.1. The molecule has 0 rings (SSSR count). The lowest BCUT2D eigenvalue weighted by Crippen LogP contribution is -2.46. The average Bonchev–Trinajstić information content (AvgIpc) is 2.76. The predicted molar refractivity (Wildman–Crippen MR) is 127 cm³/mol. The number of amides is 1. The number of carbonyl (C=O) groups excluding carboxylic acids is 1. The maximum absolute atomic E-state index is 12.0. The second-order valence-corrected chi connectivity index (χ2v) is 10.4. The Morgan fingerprint density at radius 3 is 1.71 bits per heavy atom. The van der Waals surface area contributed by atoms with Crippen molar-refractivity contribution < 1.29 is 27.5 Å². The van der Waals surface area contributed by atoms with Crippen LogP contribution in [-0.2, 0) is 27.5 Å². The minimum Gasteiger partial charge on any atom is -0.374 e. The van der Waals surface area contributed by atoms with Crippen LogP contribution in [-0.4, -0.2) is 61.6 Å². The van der Waals surface area contributed by atoms with E-state index in [1.165, 1.54) is 32.1 Å². The van der Waals surface area contributed by atoms with Crippen LogP contribution in [0.3, 0.4) is 0 Å². The van der Waals surface area contributed by atoms with Crippen LogP contribution in [0.25, 0.3) is 0 Å². The van der Waals surface area contributed by atoms with Crippen LogP contribution in [0.1, 0.15) is 91.4 Å². The smallest absolute Gasteiger partial charge is 0.374 e. The number of rotatable bonds is 23. The van der Waals surface area contributed by atoms with Crippen LogP contribution in [0, 0.1) is 0 Å². The minimum atomic E-state index is -2.59. The van der Waals surface area contributed by atoms with Gasteiger partial charge in [0.2, 0.25) is 5.91 Å². The zero-order valence-corrected chi connectivity index (χ0v) is 21.8. The fourth-order valence-electron chi connectivity index (χ4n) is 3.61. The van der Waals surface area contributed by atoms with Crippen LogP contribution in [0.2, 0.25) is 6.04 Å². The molecule has 186 valence electrons. The van der Waals surface area contributed by atoms with Gasteiger partial charge >= 0.3 is 8.80 Å². The van der Waals surface area contributed by atoms with Gasteiger partial charge in [-0.1, -0.05) is 38.5 Å². The van der Waals surface area contributed by atoms with Gasteiger partial charge in [-0.25, -0.2) is 0 Å². The first-order valence-electron chi connectivity index (χ1n) is 12.3. The Hall–Kier alpha value is -0.513. The normalized spacial score (nSPS) is 11.9. The van der Waals surface area contributed by atoms with Crippen LogP contribution in [0.5, 0.6) is 0 Å². The molecule has 0 bridgehead atoms. The quantitative estimate of drug-likeness (QED) is 0.130. The van der Waals surface area contributed by atoms with E-state index >= 15 is 0 Å². The molecule has 7 nitrogen and oxygen atoms in total. The number of hydrogen-bond donors (Lipinski definition) is 1. The molecule has 0 aromatic heterocycles. The van der Waals surface area contributed by atoms with Crippen molar-refractivity contribution in [3.63, 3.8) is 0 Å². The van der Waals surface area contributed by atoms with Crippen LogP contribution in [0.4, 0.5) is 0 Å². The van der Waals surface area contributed by atoms with Crippen molar-refractivity contribution in [2.45, 2.75) is 104 Å². The lowest BCUT2D eigenvalue weighted by Gasteiger charge is -2.28. The monoisotopic (exact) mass is 463 g/mol. The number of unbranched alkanes of at least 4 members (excludes halogenated alkanes) is 7. The van der Waals surface area contributed by atoms with Gasteiger partial charge in [0.15, 0.2) is 6.29 Å². The fraction of sp³-hybridized carbons (Fsp3) is 0.957. The van der Waals surface area contributed by atoms with Gasteiger partial charge in [-0.2, -0.15) is 0 Å². The van der Waals surface area contributed by atoms with Gasteiger partial charge in [-0.3, -0.25) is 4.79 Å². The SMILES string of the molecule is CCO[Si](CCCNC(=O)CCCCCCCCCCC(OC)OC)(OCC)OCC.